The molecule has 2 unspecified atom stereocenters. The largest absolute Gasteiger partial charge is 0.490 e. The van der Waals surface area contributed by atoms with Crippen molar-refractivity contribution in [2.24, 2.45) is 5.92 Å². The summed E-state index contributed by atoms with van der Waals surface area (Å²) in [6.45, 7) is 6.40. The molecule has 0 amide bonds. The number of nitrogens with one attached hydrogen (secondary N) is 1. The van der Waals surface area contributed by atoms with Gasteiger partial charge in [0.25, 0.3) is 0 Å². The molecule has 1 fully saturated rings. The molecule has 0 heterocycles. The first kappa shape index (κ1) is 16.3. The Bertz CT molecular complexity index is 419. The molecular formula is C18H29NO2. The van der Waals surface area contributed by atoms with Gasteiger partial charge in [-0.2, -0.15) is 0 Å². The van der Waals surface area contributed by atoms with Gasteiger partial charge in [0, 0.05) is 20.1 Å². The van der Waals surface area contributed by atoms with E-state index in [9.17, 15) is 0 Å². The molecule has 1 saturated carbocycles. The molecule has 0 bridgehead atoms. The number of hydrogen-bond donors (Lipinski definition) is 1. The average Bonchev–Trinajstić information content (AvgIpc) is 2.47. The van der Waals surface area contributed by atoms with Crippen LogP contribution in [0.1, 0.15) is 45.1 Å². The highest BCUT2D eigenvalue weighted by Crippen LogP contribution is 2.25. The van der Waals surface area contributed by atoms with Crippen LogP contribution in [-0.4, -0.2) is 25.9 Å². The smallest absolute Gasteiger partial charge is 0.120 e. The third-order valence-corrected chi connectivity index (χ3v) is 3.99. The van der Waals surface area contributed by atoms with Crippen LogP contribution in [0.3, 0.4) is 0 Å². The Labute approximate surface area is 129 Å². The summed E-state index contributed by atoms with van der Waals surface area (Å²) in [5.74, 6) is 1.67. The van der Waals surface area contributed by atoms with E-state index in [2.05, 4.69) is 43.4 Å². The van der Waals surface area contributed by atoms with Gasteiger partial charge in [0.2, 0.25) is 0 Å². The molecule has 21 heavy (non-hydrogen) atoms. The van der Waals surface area contributed by atoms with Gasteiger partial charge in [0.05, 0.1) is 6.10 Å². The van der Waals surface area contributed by atoms with Crippen molar-refractivity contribution in [2.75, 3.05) is 13.7 Å². The second-order valence-corrected chi connectivity index (χ2v) is 6.44. The molecule has 1 aliphatic rings. The van der Waals surface area contributed by atoms with E-state index in [4.69, 9.17) is 9.47 Å². The van der Waals surface area contributed by atoms with Crippen molar-refractivity contribution in [3.8, 4) is 5.75 Å². The molecule has 0 aromatic heterocycles. The molecule has 1 aliphatic carbocycles. The minimum Gasteiger partial charge on any atom is -0.490 e. The van der Waals surface area contributed by atoms with Crippen molar-refractivity contribution in [3.63, 3.8) is 0 Å². The van der Waals surface area contributed by atoms with Crippen LogP contribution in [0.5, 0.6) is 5.75 Å². The Morgan fingerprint density at radius 1 is 1.24 bits per heavy atom. The van der Waals surface area contributed by atoms with Gasteiger partial charge in [-0.1, -0.05) is 26.0 Å². The zero-order chi connectivity index (χ0) is 15.1. The molecule has 118 valence electrons. The number of benzene rings is 1. The summed E-state index contributed by atoms with van der Waals surface area (Å²) in [5.41, 5.74) is 1.28. The van der Waals surface area contributed by atoms with Crippen molar-refractivity contribution in [3.05, 3.63) is 29.8 Å². The fraction of sp³-hybridized carbons (Fsp3) is 0.667. The monoisotopic (exact) mass is 291 g/mol. The van der Waals surface area contributed by atoms with Crippen molar-refractivity contribution in [1.29, 1.82) is 0 Å². The van der Waals surface area contributed by atoms with Crippen LogP contribution in [-0.2, 0) is 11.3 Å². The molecule has 3 nitrogen and oxygen atoms in total. The quantitative estimate of drug-likeness (QED) is 0.829. The van der Waals surface area contributed by atoms with Gasteiger partial charge in [-0.25, -0.2) is 0 Å². The highest BCUT2D eigenvalue weighted by molar-refractivity contribution is 5.28. The summed E-state index contributed by atoms with van der Waals surface area (Å²) in [7, 11) is 1.80. The van der Waals surface area contributed by atoms with Gasteiger partial charge in [-0.3, -0.25) is 0 Å². The lowest BCUT2D eigenvalue weighted by Crippen LogP contribution is -2.29. The second-order valence-electron chi connectivity index (χ2n) is 6.44. The minimum atomic E-state index is 0.294. The predicted octanol–water partition coefficient (Wildman–Crippen LogP) is 3.77. The minimum absolute atomic E-state index is 0.294. The zero-order valence-corrected chi connectivity index (χ0v) is 13.6. The Morgan fingerprint density at radius 3 is 2.81 bits per heavy atom. The third-order valence-electron chi connectivity index (χ3n) is 3.99. The van der Waals surface area contributed by atoms with Crippen molar-refractivity contribution >= 4 is 0 Å². The number of ether oxygens (including phenoxy) is 2. The highest BCUT2D eigenvalue weighted by atomic mass is 16.5. The van der Waals surface area contributed by atoms with Crippen molar-refractivity contribution < 1.29 is 9.47 Å². The Balaban J connectivity index is 1.85. The maximum absolute atomic E-state index is 6.15. The average molecular weight is 291 g/mol. The molecular weight excluding hydrogens is 262 g/mol. The summed E-state index contributed by atoms with van der Waals surface area (Å²) in [4.78, 5) is 0. The molecule has 2 rings (SSSR count). The fourth-order valence-corrected chi connectivity index (χ4v) is 2.85. The topological polar surface area (TPSA) is 30.5 Å². The van der Waals surface area contributed by atoms with Gasteiger partial charge in [-0.05, 0) is 49.4 Å². The normalized spacial score (nSPS) is 22.5. The highest BCUT2D eigenvalue weighted by Gasteiger charge is 2.22. The van der Waals surface area contributed by atoms with Gasteiger partial charge in [0.1, 0.15) is 11.9 Å². The third kappa shape index (κ3) is 5.68. The SMILES string of the molecule is COC1CCCC(Oc2cccc(CNCC(C)C)c2)C1. The fourth-order valence-electron chi connectivity index (χ4n) is 2.85. The van der Waals surface area contributed by atoms with Gasteiger partial charge >= 0.3 is 0 Å². The first-order valence-corrected chi connectivity index (χ1v) is 8.16. The maximum Gasteiger partial charge on any atom is 0.120 e. The van der Waals surface area contributed by atoms with Crippen LogP contribution in [0.15, 0.2) is 24.3 Å². The van der Waals surface area contributed by atoms with Crippen LogP contribution in [0, 0.1) is 5.92 Å². The first-order chi connectivity index (χ1) is 10.2. The van der Waals surface area contributed by atoms with Crippen LogP contribution >= 0.6 is 0 Å². The molecule has 1 aromatic carbocycles. The van der Waals surface area contributed by atoms with E-state index in [0.29, 0.717) is 18.1 Å². The number of methoxy groups -OCH3 is 1. The van der Waals surface area contributed by atoms with Crippen LogP contribution in [0.4, 0.5) is 0 Å². The Morgan fingerprint density at radius 2 is 2.05 bits per heavy atom. The zero-order valence-electron chi connectivity index (χ0n) is 13.6. The predicted molar refractivity (Wildman–Crippen MR) is 86.7 cm³/mol. The summed E-state index contributed by atoms with van der Waals surface area (Å²) in [6, 6.07) is 8.45. The van der Waals surface area contributed by atoms with E-state index in [1.807, 2.05) is 0 Å². The van der Waals surface area contributed by atoms with Gasteiger partial charge < -0.3 is 14.8 Å². The molecule has 2 atom stereocenters. The number of rotatable bonds is 7. The molecule has 0 radical (unpaired) electrons. The van der Waals surface area contributed by atoms with E-state index in [0.717, 1.165) is 38.1 Å². The lowest BCUT2D eigenvalue weighted by molar-refractivity contribution is 0.0209. The van der Waals surface area contributed by atoms with E-state index in [1.165, 1.54) is 12.0 Å². The van der Waals surface area contributed by atoms with Crippen LogP contribution in [0.2, 0.25) is 0 Å². The van der Waals surface area contributed by atoms with E-state index in [-0.39, 0.29) is 0 Å². The Kier molecular flexibility index (Phi) is 6.52. The Hall–Kier alpha value is -1.06. The summed E-state index contributed by atoms with van der Waals surface area (Å²) >= 11 is 0. The van der Waals surface area contributed by atoms with Gasteiger partial charge in [0.15, 0.2) is 0 Å². The van der Waals surface area contributed by atoms with E-state index >= 15 is 0 Å². The first-order valence-electron chi connectivity index (χ1n) is 8.16. The standard InChI is InChI=1S/C18H29NO2/c1-14(2)12-19-13-15-6-4-8-17(10-15)21-18-9-5-7-16(11-18)20-3/h4,6,8,10,14,16,18-19H,5,7,9,11-13H2,1-3H3. The molecule has 0 saturated heterocycles. The summed E-state index contributed by atoms with van der Waals surface area (Å²) < 4.78 is 11.6. The number of hydrogen-bond acceptors (Lipinski definition) is 3. The molecule has 1 N–H and O–H groups in total. The van der Waals surface area contributed by atoms with E-state index < -0.39 is 0 Å². The van der Waals surface area contributed by atoms with Gasteiger partial charge in [-0.15, -0.1) is 0 Å². The summed E-state index contributed by atoms with van der Waals surface area (Å²) in [5, 5.41) is 3.47. The second kappa shape index (κ2) is 8.40. The molecule has 0 spiro atoms. The lowest BCUT2D eigenvalue weighted by atomic mass is 9.95. The molecule has 1 aromatic rings. The summed E-state index contributed by atoms with van der Waals surface area (Å²) in [6.07, 6.45) is 5.15. The maximum atomic E-state index is 6.15. The molecule has 3 heteroatoms. The van der Waals surface area contributed by atoms with Crippen LogP contribution < -0.4 is 10.1 Å². The molecule has 0 aliphatic heterocycles. The van der Waals surface area contributed by atoms with Crippen molar-refractivity contribution in [1.82, 2.24) is 5.32 Å². The van der Waals surface area contributed by atoms with Crippen LogP contribution in [0.25, 0.3) is 0 Å². The van der Waals surface area contributed by atoms with Crippen molar-refractivity contribution in [2.45, 2.75) is 58.3 Å². The van der Waals surface area contributed by atoms with E-state index in [1.54, 1.807) is 7.11 Å². The lowest BCUT2D eigenvalue weighted by Gasteiger charge is -2.28.